The van der Waals surface area contributed by atoms with Gasteiger partial charge in [-0.15, -0.1) is 0 Å². The van der Waals surface area contributed by atoms with Crippen molar-refractivity contribution in [3.8, 4) is 0 Å². The molecule has 1 aromatic carbocycles. The van der Waals surface area contributed by atoms with Crippen LogP contribution in [0.2, 0.25) is 0 Å². The summed E-state index contributed by atoms with van der Waals surface area (Å²) in [4.78, 5) is 41.4. The standard InChI is InChI=1S/C23H28FN5O4/c1-27-20-19(21(31)28(2)22(27)32)29(15-26-20)11-3-4-18(30)25-14-23(9-12-33-13-10-23)16-5-7-17(24)8-6-16/h5-8,15H,3-4,9-14H2,1-2H3,(H,25,30). The van der Waals surface area contributed by atoms with E-state index in [0.717, 1.165) is 23.0 Å². The van der Waals surface area contributed by atoms with Crippen LogP contribution in [-0.2, 0) is 35.6 Å². The molecule has 1 aliphatic rings. The van der Waals surface area contributed by atoms with Gasteiger partial charge in [0.2, 0.25) is 5.91 Å². The average Bonchev–Trinajstić information content (AvgIpc) is 3.25. The number of nitrogens with one attached hydrogen (secondary N) is 1. The number of aryl methyl sites for hydroxylation is 2. The molecule has 176 valence electrons. The van der Waals surface area contributed by atoms with Gasteiger partial charge >= 0.3 is 5.69 Å². The second-order valence-corrected chi connectivity index (χ2v) is 8.60. The monoisotopic (exact) mass is 457 g/mol. The van der Waals surface area contributed by atoms with Crippen LogP contribution in [0.15, 0.2) is 40.2 Å². The maximum atomic E-state index is 13.4. The number of amides is 1. The molecule has 4 rings (SSSR count). The highest BCUT2D eigenvalue weighted by Gasteiger charge is 2.34. The molecule has 0 bridgehead atoms. The van der Waals surface area contributed by atoms with Crippen LogP contribution in [0.1, 0.15) is 31.2 Å². The van der Waals surface area contributed by atoms with Crippen molar-refractivity contribution in [3.05, 3.63) is 62.8 Å². The van der Waals surface area contributed by atoms with Crippen molar-refractivity contribution >= 4 is 17.1 Å². The van der Waals surface area contributed by atoms with E-state index in [0.29, 0.717) is 43.9 Å². The normalized spacial score (nSPS) is 15.6. The van der Waals surface area contributed by atoms with Gasteiger partial charge in [-0.25, -0.2) is 14.2 Å². The number of carbonyl (C=O) groups is 1. The highest BCUT2D eigenvalue weighted by molar-refractivity contribution is 5.76. The Morgan fingerprint density at radius 1 is 1.15 bits per heavy atom. The molecule has 1 N–H and O–H groups in total. The number of imidazole rings is 1. The number of fused-ring (bicyclic) bond motifs is 1. The number of rotatable bonds is 7. The van der Waals surface area contributed by atoms with E-state index in [1.54, 1.807) is 23.7 Å². The van der Waals surface area contributed by atoms with Gasteiger partial charge in [-0.3, -0.25) is 18.7 Å². The van der Waals surface area contributed by atoms with Crippen LogP contribution in [0.4, 0.5) is 4.39 Å². The lowest BCUT2D eigenvalue weighted by molar-refractivity contribution is -0.121. The zero-order chi connectivity index (χ0) is 23.6. The number of ether oxygens (including phenoxy) is 1. The molecule has 0 atom stereocenters. The summed E-state index contributed by atoms with van der Waals surface area (Å²) in [5.74, 6) is -0.375. The fraction of sp³-hybridized carbons (Fsp3) is 0.478. The average molecular weight is 458 g/mol. The molecule has 33 heavy (non-hydrogen) atoms. The molecule has 1 aliphatic heterocycles. The summed E-state index contributed by atoms with van der Waals surface area (Å²) >= 11 is 0. The Morgan fingerprint density at radius 2 is 1.85 bits per heavy atom. The molecule has 0 spiro atoms. The molecule has 2 aromatic heterocycles. The minimum absolute atomic E-state index is 0.0901. The molecule has 10 heteroatoms. The summed E-state index contributed by atoms with van der Waals surface area (Å²) in [7, 11) is 3.00. The van der Waals surface area contributed by atoms with Crippen molar-refractivity contribution in [2.24, 2.45) is 14.1 Å². The first kappa shape index (κ1) is 22.9. The summed E-state index contributed by atoms with van der Waals surface area (Å²) < 4.78 is 23.0. The molecule has 0 unspecified atom stereocenters. The lowest BCUT2D eigenvalue weighted by Gasteiger charge is -2.38. The molecule has 9 nitrogen and oxygen atoms in total. The van der Waals surface area contributed by atoms with Gasteiger partial charge in [-0.05, 0) is 37.0 Å². The Kier molecular flexibility index (Phi) is 6.46. The number of aromatic nitrogens is 4. The fourth-order valence-corrected chi connectivity index (χ4v) is 4.47. The molecule has 1 saturated heterocycles. The minimum Gasteiger partial charge on any atom is -0.381 e. The Hall–Kier alpha value is -3.27. The van der Waals surface area contributed by atoms with E-state index in [4.69, 9.17) is 4.74 Å². The molecule has 0 saturated carbocycles. The van der Waals surface area contributed by atoms with Crippen LogP contribution in [0.3, 0.4) is 0 Å². The second-order valence-electron chi connectivity index (χ2n) is 8.60. The Bertz CT molecular complexity index is 1270. The highest BCUT2D eigenvalue weighted by Crippen LogP contribution is 2.34. The van der Waals surface area contributed by atoms with E-state index in [-0.39, 0.29) is 23.6 Å². The summed E-state index contributed by atoms with van der Waals surface area (Å²) in [5.41, 5.74) is 0.555. The molecule has 3 heterocycles. The van der Waals surface area contributed by atoms with Crippen LogP contribution >= 0.6 is 0 Å². The molecule has 1 fully saturated rings. The lowest BCUT2D eigenvalue weighted by atomic mass is 9.74. The quantitative estimate of drug-likeness (QED) is 0.575. The van der Waals surface area contributed by atoms with Crippen molar-refractivity contribution in [3.63, 3.8) is 0 Å². The first-order chi connectivity index (χ1) is 15.8. The van der Waals surface area contributed by atoms with E-state index < -0.39 is 11.2 Å². The van der Waals surface area contributed by atoms with Crippen LogP contribution in [0.5, 0.6) is 0 Å². The predicted molar refractivity (Wildman–Crippen MR) is 121 cm³/mol. The van der Waals surface area contributed by atoms with Gasteiger partial charge in [-0.2, -0.15) is 0 Å². The topological polar surface area (TPSA) is 100 Å². The highest BCUT2D eigenvalue weighted by atomic mass is 19.1. The maximum absolute atomic E-state index is 13.4. The van der Waals surface area contributed by atoms with Crippen molar-refractivity contribution in [1.82, 2.24) is 24.0 Å². The van der Waals surface area contributed by atoms with Crippen LogP contribution < -0.4 is 16.6 Å². The lowest BCUT2D eigenvalue weighted by Crippen LogP contribution is -2.44. The van der Waals surface area contributed by atoms with E-state index >= 15 is 0 Å². The van der Waals surface area contributed by atoms with E-state index in [1.807, 2.05) is 0 Å². The Balaban J connectivity index is 1.39. The fourth-order valence-electron chi connectivity index (χ4n) is 4.47. The van der Waals surface area contributed by atoms with Crippen molar-refractivity contribution in [1.29, 1.82) is 0 Å². The largest absolute Gasteiger partial charge is 0.381 e. The van der Waals surface area contributed by atoms with Gasteiger partial charge < -0.3 is 14.6 Å². The first-order valence-corrected chi connectivity index (χ1v) is 11.0. The van der Waals surface area contributed by atoms with E-state index in [1.165, 1.54) is 30.1 Å². The number of benzene rings is 1. The molecular weight excluding hydrogens is 429 g/mol. The summed E-state index contributed by atoms with van der Waals surface area (Å²) in [5, 5.41) is 3.04. The maximum Gasteiger partial charge on any atom is 0.332 e. The third-order valence-electron chi connectivity index (χ3n) is 6.55. The molecule has 0 aliphatic carbocycles. The van der Waals surface area contributed by atoms with Crippen molar-refractivity contribution in [2.45, 2.75) is 37.6 Å². The number of nitrogens with zero attached hydrogens (tertiary/aromatic N) is 4. The number of hydrogen-bond acceptors (Lipinski definition) is 5. The third-order valence-corrected chi connectivity index (χ3v) is 6.55. The smallest absolute Gasteiger partial charge is 0.332 e. The van der Waals surface area contributed by atoms with Crippen molar-refractivity contribution in [2.75, 3.05) is 19.8 Å². The SMILES string of the molecule is Cn1c(=O)c2c(ncn2CCCC(=O)NCC2(c3ccc(F)cc3)CCOCC2)n(C)c1=O. The van der Waals surface area contributed by atoms with Gasteiger partial charge in [0.1, 0.15) is 5.82 Å². The van der Waals surface area contributed by atoms with E-state index in [9.17, 15) is 18.8 Å². The molecular formula is C23H28FN5O4. The van der Waals surface area contributed by atoms with Crippen LogP contribution in [0, 0.1) is 5.82 Å². The number of hydrogen-bond donors (Lipinski definition) is 1. The number of carbonyl (C=O) groups excluding carboxylic acids is 1. The van der Waals surface area contributed by atoms with Gasteiger partial charge in [0.05, 0.1) is 6.33 Å². The molecule has 0 radical (unpaired) electrons. The Labute approximate surface area is 189 Å². The van der Waals surface area contributed by atoms with Crippen LogP contribution in [0.25, 0.3) is 11.2 Å². The van der Waals surface area contributed by atoms with Crippen molar-refractivity contribution < 1.29 is 13.9 Å². The minimum atomic E-state index is -0.430. The summed E-state index contributed by atoms with van der Waals surface area (Å²) in [6.45, 7) is 2.07. The predicted octanol–water partition coefficient (Wildman–Crippen LogP) is 1.22. The van der Waals surface area contributed by atoms with Crippen LogP contribution in [-0.4, -0.2) is 44.4 Å². The molecule has 3 aromatic rings. The van der Waals surface area contributed by atoms with E-state index in [2.05, 4.69) is 10.3 Å². The van der Waals surface area contributed by atoms with Gasteiger partial charge in [0, 0.05) is 52.2 Å². The second kappa shape index (κ2) is 9.30. The van der Waals surface area contributed by atoms with Gasteiger partial charge in [-0.1, -0.05) is 12.1 Å². The third kappa shape index (κ3) is 4.47. The number of halogens is 1. The van der Waals surface area contributed by atoms with Gasteiger partial charge in [0.15, 0.2) is 11.2 Å². The summed E-state index contributed by atoms with van der Waals surface area (Å²) in [6, 6.07) is 6.46. The Morgan fingerprint density at radius 3 is 2.55 bits per heavy atom. The molecule has 1 amide bonds. The van der Waals surface area contributed by atoms with Gasteiger partial charge in [0.25, 0.3) is 5.56 Å². The zero-order valence-electron chi connectivity index (χ0n) is 18.8. The first-order valence-electron chi connectivity index (χ1n) is 11.0. The summed E-state index contributed by atoms with van der Waals surface area (Å²) in [6.07, 6.45) is 3.82. The zero-order valence-corrected chi connectivity index (χ0v) is 18.8.